The molecular formula is C8H15N2O3P. The van der Waals surface area contributed by atoms with Crippen molar-refractivity contribution in [1.82, 2.24) is 9.55 Å². The molecule has 14 heavy (non-hydrogen) atoms. The number of hydrogen-bond acceptors (Lipinski definition) is 4. The van der Waals surface area contributed by atoms with Gasteiger partial charge in [0.15, 0.2) is 5.44 Å². The second kappa shape index (κ2) is 4.73. The summed E-state index contributed by atoms with van der Waals surface area (Å²) in [7, 11) is -1.38. The molecule has 0 aliphatic heterocycles. The van der Waals surface area contributed by atoms with Crippen LogP contribution in [-0.2, 0) is 20.7 Å². The molecule has 0 radical (unpaired) electrons. The monoisotopic (exact) mass is 218 g/mol. The average Bonchev–Trinajstić information content (AvgIpc) is 2.53. The first-order valence-corrected chi connectivity index (χ1v) is 6.04. The Balaban J connectivity index is 2.93. The first-order chi connectivity index (χ1) is 6.62. The number of imidazole rings is 1. The summed E-state index contributed by atoms with van der Waals surface area (Å²) in [6.45, 7) is 4.23. The Bertz CT molecular complexity index is 327. The first kappa shape index (κ1) is 11.4. The van der Waals surface area contributed by atoms with E-state index in [-0.39, 0.29) is 0 Å². The van der Waals surface area contributed by atoms with Crippen LogP contribution in [0.2, 0.25) is 0 Å². The smallest absolute Gasteiger partial charge is 0.340 e. The van der Waals surface area contributed by atoms with Crippen LogP contribution in [0.5, 0.6) is 0 Å². The van der Waals surface area contributed by atoms with Gasteiger partial charge in [-0.25, -0.2) is 4.98 Å². The van der Waals surface area contributed by atoms with Crippen LogP contribution in [0.4, 0.5) is 0 Å². The summed E-state index contributed by atoms with van der Waals surface area (Å²) in [5, 5.41) is 0. The predicted octanol–water partition coefficient (Wildman–Crippen LogP) is 1.31. The normalized spacial score (nSPS) is 11.9. The van der Waals surface area contributed by atoms with Gasteiger partial charge in [-0.05, 0) is 13.8 Å². The Morgan fingerprint density at radius 3 is 2.36 bits per heavy atom. The molecule has 0 unspecified atom stereocenters. The van der Waals surface area contributed by atoms with E-state index in [2.05, 4.69) is 4.98 Å². The lowest BCUT2D eigenvalue weighted by Crippen LogP contribution is -2.11. The average molecular weight is 218 g/mol. The van der Waals surface area contributed by atoms with Crippen molar-refractivity contribution in [2.24, 2.45) is 7.05 Å². The number of hydrogen-bond donors (Lipinski definition) is 0. The number of aryl methyl sites for hydroxylation is 1. The van der Waals surface area contributed by atoms with E-state index >= 15 is 0 Å². The molecule has 5 nitrogen and oxygen atoms in total. The Morgan fingerprint density at radius 2 is 2.00 bits per heavy atom. The van der Waals surface area contributed by atoms with E-state index in [9.17, 15) is 4.57 Å². The lowest BCUT2D eigenvalue weighted by molar-refractivity contribution is 0.229. The standard InChI is InChI=1S/C8H15N2O3P/c1-4-12-14(11,13-5-2)8-6-10(3)7-9-8/h6-7H,4-5H2,1-3H3. The zero-order chi connectivity index (χ0) is 10.6. The summed E-state index contributed by atoms with van der Waals surface area (Å²) in [5.74, 6) is 0. The molecule has 0 saturated heterocycles. The van der Waals surface area contributed by atoms with Gasteiger partial charge in [0.25, 0.3) is 0 Å². The van der Waals surface area contributed by atoms with Crippen LogP contribution < -0.4 is 5.44 Å². The predicted molar refractivity (Wildman–Crippen MR) is 53.7 cm³/mol. The zero-order valence-corrected chi connectivity index (χ0v) is 9.53. The second-order valence-electron chi connectivity index (χ2n) is 2.73. The summed E-state index contributed by atoms with van der Waals surface area (Å²) in [6.07, 6.45) is 3.21. The highest BCUT2D eigenvalue weighted by Crippen LogP contribution is 2.45. The Kier molecular flexibility index (Phi) is 3.86. The zero-order valence-electron chi connectivity index (χ0n) is 8.64. The van der Waals surface area contributed by atoms with Crippen LogP contribution in [0.1, 0.15) is 13.8 Å². The summed E-state index contributed by atoms with van der Waals surface area (Å²) >= 11 is 0. The van der Waals surface area contributed by atoms with E-state index in [0.29, 0.717) is 18.6 Å². The van der Waals surface area contributed by atoms with Gasteiger partial charge in [-0.3, -0.25) is 4.57 Å². The molecule has 80 valence electrons. The maximum absolute atomic E-state index is 12.1. The van der Waals surface area contributed by atoms with Gasteiger partial charge >= 0.3 is 7.60 Å². The third-order valence-corrected chi connectivity index (χ3v) is 3.56. The molecule has 0 aromatic carbocycles. The fourth-order valence-electron chi connectivity index (χ4n) is 1.05. The molecule has 1 rings (SSSR count). The largest absolute Gasteiger partial charge is 0.381 e. The van der Waals surface area contributed by atoms with Gasteiger partial charge in [-0.2, -0.15) is 0 Å². The SMILES string of the molecule is CCOP(=O)(OCC)c1cn(C)cn1. The van der Waals surface area contributed by atoms with Crippen molar-refractivity contribution in [3.63, 3.8) is 0 Å². The maximum atomic E-state index is 12.1. The Hall–Kier alpha value is -0.640. The number of aromatic nitrogens is 2. The highest BCUT2D eigenvalue weighted by molar-refractivity contribution is 7.61. The third kappa shape index (κ3) is 2.44. The van der Waals surface area contributed by atoms with E-state index in [1.165, 1.54) is 0 Å². The van der Waals surface area contributed by atoms with Crippen LogP contribution >= 0.6 is 7.60 Å². The van der Waals surface area contributed by atoms with E-state index in [1.54, 1.807) is 38.0 Å². The first-order valence-electron chi connectivity index (χ1n) is 4.50. The van der Waals surface area contributed by atoms with Gasteiger partial charge in [0.1, 0.15) is 0 Å². The van der Waals surface area contributed by atoms with E-state index in [0.717, 1.165) is 0 Å². The van der Waals surface area contributed by atoms with Crippen molar-refractivity contribution < 1.29 is 13.6 Å². The molecule has 6 heteroatoms. The molecule has 1 aromatic rings. The minimum absolute atomic E-state index is 0.341. The molecule has 0 aliphatic rings. The summed E-state index contributed by atoms with van der Waals surface area (Å²) in [6, 6.07) is 0. The molecule has 1 heterocycles. The molecule has 0 amide bonds. The highest BCUT2D eigenvalue weighted by Gasteiger charge is 2.29. The van der Waals surface area contributed by atoms with Crippen LogP contribution in [0.15, 0.2) is 12.5 Å². The number of nitrogens with zero attached hydrogens (tertiary/aromatic N) is 2. The maximum Gasteiger partial charge on any atom is 0.381 e. The molecule has 0 fully saturated rings. The molecule has 0 aliphatic carbocycles. The third-order valence-electron chi connectivity index (χ3n) is 1.57. The van der Waals surface area contributed by atoms with Crippen molar-refractivity contribution in [2.45, 2.75) is 13.8 Å². The van der Waals surface area contributed by atoms with E-state index < -0.39 is 7.60 Å². The van der Waals surface area contributed by atoms with Crippen LogP contribution in [0.3, 0.4) is 0 Å². The Morgan fingerprint density at radius 1 is 1.43 bits per heavy atom. The van der Waals surface area contributed by atoms with Gasteiger partial charge in [0, 0.05) is 13.2 Å². The lowest BCUT2D eigenvalue weighted by atomic mass is 10.9. The van der Waals surface area contributed by atoms with Crippen molar-refractivity contribution in [3.8, 4) is 0 Å². The van der Waals surface area contributed by atoms with Crippen LogP contribution in [0.25, 0.3) is 0 Å². The minimum Gasteiger partial charge on any atom is -0.340 e. The van der Waals surface area contributed by atoms with Gasteiger partial charge in [0.2, 0.25) is 0 Å². The fraction of sp³-hybridized carbons (Fsp3) is 0.625. The van der Waals surface area contributed by atoms with Crippen LogP contribution in [-0.4, -0.2) is 22.8 Å². The van der Waals surface area contributed by atoms with Crippen LogP contribution in [0, 0.1) is 0 Å². The Labute approximate surface area is 83.6 Å². The second-order valence-corrected chi connectivity index (χ2v) is 4.70. The lowest BCUT2D eigenvalue weighted by Gasteiger charge is -2.13. The van der Waals surface area contributed by atoms with Gasteiger partial charge in [-0.15, -0.1) is 0 Å². The van der Waals surface area contributed by atoms with E-state index in [4.69, 9.17) is 9.05 Å². The molecule has 1 aromatic heterocycles. The summed E-state index contributed by atoms with van der Waals surface area (Å²) in [5.41, 5.74) is 0.365. The van der Waals surface area contributed by atoms with Crippen molar-refractivity contribution in [1.29, 1.82) is 0 Å². The highest BCUT2D eigenvalue weighted by atomic mass is 31.2. The van der Waals surface area contributed by atoms with Crippen molar-refractivity contribution in [2.75, 3.05) is 13.2 Å². The van der Waals surface area contributed by atoms with Gasteiger partial charge < -0.3 is 13.6 Å². The van der Waals surface area contributed by atoms with Crippen molar-refractivity contribution >= 4 is 13.0 Å². The van der Waals surface area contributed by atoms with Crippen molar-refractivity contribution in [3.05, 3.63) is 12.5 Å². The van der Waals surface area contributed by atoms with E-state index in [1.807, 2.05) is 0 Å². The molecule has 0 atom stereocenters. The molecular weight excluding hydrogens is 203 g/mol. The van der Waals surface area contributed by atoms with Gasteiger partial charge in [-0.1, -0.05) is 0 Å². The summed E-state index contributed by atoms with van der Waals surface area (Å²) < 4.78 is 24.1. The number of rotatable bonds is 5. The molecule has 0 N–H and O–H groups in total. The fourth-order valence-corrected chi connectivity index (χ4v) is 2.59. The molecule has 0 spiro atoms. The quantitative estimate of drug-likeness (QED) is 0.699. The summed E-state index contributed by atoms with van der Waals surface area (Å²) in [4.78, 5) is 3.97. The minimum atomic E-state index is -3.18. The topological polar surface area (TPSA) is 53.4 Å². The van der Waals surface area contributed by atoms with Gasteiger partial charge in [0.05, 0.1) is 19.5 Å². The molecule has 0 bridgehead atoms. The molecule has 0 saturated carbocycles.